The quantitative estimate of drug-likeness (QED) is 0.731. The van der Waals surface area contributed by atoms with Crippen LogP contribution in [0.15, 0.2) is 24.3 Å². The fraction of sp³-hybridized carbons (Fsp3) is 0.571. The maximum absolute atomic E-state index is 5.64. The Bertz CT molecular complexity index is 292. The number of likely N-dealkylation sites (N-methyl/N-ethyl adjacent to an activating group) is 1. The van der Waals surface area contributed by atoms with E-state index >= 15 is 0 Å². The number of benzene rings is 1. The SMILES string of the molecule is CCC(C)c1ccc(OCCN(C)C)cc1. The molecule has 90 valence electrons. The van der Waals surface area contributed by atoms with Crippen LogP contribution >= 0.6 is 0 Å². The molecule has 0 heterocycles. The summed E-state index contributed by atoms with van der Waals surface area (Å²) in [6, 6.07) is 8.46. The second-order valence-electron chi connectivity index (χ2n) is 4.53. The molecule has 1 rings (SSSR count). The molecule has 1 aromatic rings. The minimum atomic E-state index is 0.635. The lowest BCUT2D eigenvalue weighted by atomic mass is 9.99. The first-order valence-electron chi connectivity index (χ1n) is 6.01. The highest BCUT2D eigenvalue weighted by Crippen LogP contribution is 2.21. The highest BCUT2D eigenvalue weighted by Gasteiger charge is 2.02. The van der Waals surface area contributed by atoms with E-state index in [0.717, 1.165) is 18.9 Å². The Morgan fingerprint density at radius 2 is 1.81 bits per heavy atom. The summed E-state index contributed by atoms with van der Waals surface area (Å²) in [7, 11) is 4.10. The van der Waals surface area contributed by atoms with Crippen molar-refractivity contribution in [2.45, 2.75) is 26.2 Å². The third kappa shape index (κ3) is 4.23. The number of rotatable bonds is 6. The average Bonchev–Trinajstić information content (AvgIpc) is 2.28. The Morgan fingerprint density at radius 3 is 2.31 bits per heavy atom. The predicted octanol–water partition coefficient (Wildman–Crippen LogP) is 3.14. The lowest BCUT2D eigenvalue weighted by Gasteiger charge is -2.12. The third-order valence-electron chi connectivity index (χ3n) is 2.87. The lowest BCUT2D eigenvalue weighted by molar-refractivity contribution is 0.261. The Morgan fingerprint density at radius 1 is 1.19 bits per heavy atom. The van der Waals surface area contributed by atoms with Crippen LogP contribution in [0.1, 0.15) is 31.7 Å². The zero-order chi connectivity index (χ0) is 12.0. The lowest BCUT2D eigenvalue weighted by Crippen LogP contribution is -2.19. The zero-order valence-electron chi connectivity index (χ0n) is 10.9. The van der Waals surface area contributed by atoms with E-state index in [1.54, 1.807) is 0 Å². The van der Waals surface area contributed by atoms with Crippen LogP contribution in [0.25, 0.3) is 0 Å². The molecule has 16 heavy (non-hydrogen) atoms. The minimum absolute atomic E-state index is 0.635. The van der Waals surface area contributed by atoms with Gasteiger partial charge in [0.1, 0.15) is 12.4 Å². The van der Waals surface area contributed by atoms with Crippen LogP contribution in [0.2, 0.25) is 0 Å². The van der Waals surface area contributed by atoms with Gasteiger partial charge in [-0.25, -0.2) is 0 Å². The molecule has 0 spiro atoms. The Labute approximate surface area is 99.2 Å². The molecule has 0 saturated heterocycles. The van der Waals surface area contributed by atoms with Gasteiger partial charge in [0.15, 0.2) is 0 Å². The molecule has 0 aromatic heterocycles. The summed E-state index contributed by atoms with van der Waals surface area (Å²) in [5.74, 6) is 1.60. The maximum Gasteiger partial charge on any atom is 0.119 e. The molecule has 0 aliphatic heterocycles. The van der Waals surface area contributed by atoms with Gasteiger partial charge >= 0.3 is 0 Å². The molecule has 0 bridgehead atoms. The van der Waals surface area contributed by atoms with E-state index in [4.69, 9.17) is 4.74 Å². The van der Waals surface area contributed by atoms with Crippen LogP contribution in [0, 0.1) is 0 Å². The Hall–Kier alpha value is -1.02. The number of ether oxygens (including phenoxy) is 1. The molecule has 1 atom stereocenters. The molecule has 0 radical (unpaired) electrons. The maximum atomic E-state index is 5.64. The molecule has 0 fully saturated rings. The Balaban J connectivity index is 2.45. The van der Waals surface area contributed by atoms with Crippen molar-refractivity contribution < 1.29 is 4.74 Å². The van der Waals surface area contributed by atoms with Gasteiger partial charge in [-0.1, -0.05) is 26.0 Å². The summed E-state index contributed by atoms with van der Waals surface area (Å²) in [6.07, 6.45) is 1.18. The molecular formula is C14H23NO. The van der Waals surface area contributed by atoms with Gasteiger partial charge in [0.25, 0.3) is 0 Å². The van der Waals surface area contributed by atoms with Crippen molar-refractivity contribution in [1.29, 1.82) is 0 Å². The number of hydrogen-bond donors (Lipinski definition) is 0. The van der Waals surface area contributed by atoms with Gasteiger partial charge < -0.3 is 9.64 Å². The second kappa shape index (κ2) is 6.54. The summed E-state index contributed by atoms with van der Waals surface area (Å²) >= 11 is 0. The van der Waals surface area contributed by atoms with Crippen LogP contribution in [0.3, 0.4) is 0 Å². The van der Waals surface area contributed by atoms with Crippen molar-refractivity contribution in [3.05, 3.63) is 29.8 Å². The molecule has 2 nitrogen and oxygen atoms in total. The molecular weight excluding hydrogens is 198 g/mol. The standard InChI is InChI=1S/C14H23NO/c1-5-12(2)13-6-8-14(9-7-13)16-11-10-15(3)4/h6-9,12H,5,10-11H2,1-4H3. The van der Waals surface area contributed by atoms with Gasteiger partial charge in [-0.05, 0) is 44.1 Å². The van der Waals surface area contributed by atoms with Crippen molar-refractivity contribution >= 4 is 0 Å². The molecule has 1 aromatic carbocycles. The number of nitrogens with zero attached hydrogens (tertiary/aromatic N) is 1. The minimum Gasteiger partial charge on any atom is -0.492 e. The van der Waals surface area contributed by atoms with Gasteiger partial charge in [0.2, 0.25) is 0 Å². The molecule has 1 unspecified atom stereocenters. The first kappa shape index (κ1) is 13.0. The van der Waals surface area contributed by atoms with E-state index in [1.165, 1.54) is 12.0 Å². The molecule has 0 aliphatic carbocycles. The fourth-order valence-electron chi connectivity index (χ4n) is 1.47. The second-order valence-corrected chi connectivity index (χ2v) is 4.53. The van der Waals surface area contributed by atoms with Crippen LogP contribution in [-0.4, -0.2) is 32.1 Å². The van der Waals surface area contributed by atoms with Gasteiger partial charge in [-0.3, -0.25) is 0 Å². The Kier molecular flexibility index (Phi) is 5.33. The predicted molar refractivity (Wildman–Crippen MR) is 69.2 cm³/mol. The molecule has 0 aliphatic rings. The van der Waals surface area contributed by atoms with Gasteiger partial charge in [0.05, 0.1) is 0 Å². The summed E-state index contributed by atoms with van der Waals surface area (Å²) < 4.78 is 5.64. The molecule has 0 N–H and O–H groups in total. The van der Waals surface area contributed by atoms with Crippen molar-refractivity contribution in [2.75, 3.05) is 27.2 Å². The topological polar surface area (TPSA) is 12.5 Å². The molecule has 2 heteroatoms. The fourth-order valence-corrected chi connectivity index (χ4v) is 1.47. The average molecular weight is 221 g/mol. The van der Waals surface area contributed by atoms with Crippen molar-refractivity contribution in [2.24, 2.45) is 0 Å². The van der Waals surface area contributed by atoms with E-state index in [9.17, 15) is 0 Å². The van der Waals surface area contributed by atoms with Crippen LogP contribution in [0.4, 0.5) is 0 Å². The van der Waals surface area contributed by atoms with E-state index in [1.807, 2.05) is 0 Å². The normalized spacial score (nSPS) is 12.8. The van der Waals surface area contributed by atoms with Crippen LogP contribution < -0.4 is 4.74 Å². The summed E-state index contributed by atoms with van der Waals surface area (Å²) in [6.45, 7) is 6.16. The van der Waals surface area contributed by atoms with Gasteiger partial charge in [0, 0.05) is 6.54 Å². The van der Waals surface area contributed by atoms with Gasteiger partial charge in [-0.2, -0.15) is 0 Å². The highest BCUT2D eigenvalue weighted by molar-refractivity contribution is 5.29. The van der Waals surface area contributed by atoms with E-state index in [-0.39, 0.29) is 0 Å². The largest absolute Gasteiger partial charge is 0.492 e. The zero-order valence-corrected chi connectivity index (χ0v) is 10.9. The highest BCUT2D eigenvalue weighted by atomic mass is 16.5. The summed E-state index contributed by atoms with van der Waals surface area (Å²) in [5, 5.41) is 0. The van der Waals surface area contributed by atoms with Crippen LogP contribution in [-0.2, 0) is 0 Å². The van der Waals surface area contributed by atoms with Crippen LogP contribution in [0.5, 0.6) is 5.75 Å². The van der Waals surface area contributed by atoms with Gasteiger partial charge in [-0.15, -0.1) is 0 Å². The van der Waals surface area contributed by atoms with E-state index in [0.29, 0.717) is 5.92 Å². The van der Waals surface area contributed by atoms with Crippen molar-refractivity contribution in [3.8, 4) is 5.75 Å². The number of hydrogen-bond acceptors (Lipinski definition) is 2. The first-order chi connectivity index (χ1) is 7.63. The monoisotopic (exact) mass is 221 g/mol. The smallest absolute Gasteiger partial charge is 0.119 e. The summed E-state index contributed by atoms with van der Waals surface area (Å²) in [5.41, 5.74) is 1.39. The van der Waals surface area contributed by atoms with Crippen molar-refractivity contribution in [3.63, 3.8) is 0 Å². The molecule has 0 saturated carbocycles. The van der Waals surface area contributed by atoms with E-state index < -0.39 is 0 Å². The molecule has 0 amide bonds. The summed E-state index contributed by atoms with van der Waals surface area (Å²) in [4.78, 5) is 2.12. The van der Waals surface area contributed by atoms with Crippen molar-refractivity contribution in [1.82, 2.24) is 4.90 Å². The first-order valence-corrected chi connectivity index (χ1v) is 6.01. The third-order valence-corrected chi connectivity index (χ3v) is 2.87. The van der Waals surface area contributed by atoms with E-state index in [2.05, 4.69) is 57.1 Å².